The van der Waals surface area contributed by atoms with Crippen molar-refractivity contribution in [3.05, 3.63) is 35.9 Å². The molecule has 32 heavy (non-hydrogen) atoms. The highest BCUT2D eigenvalue weighted by atomic mass is 16.5. The van der Waals surface area contributed by atoms with E-state index >= 15 is 0 Å². The van der Waals surface area contributed by atoms with Crippen molar-refractivity contribution >= 4 is 17.8 Å². The molecule has 0 aliphatic heterocycles. The van der Waals surface area contributed by atoms with E-state index in [2.05, 4.69) is 10.6 Å². The Morgan fingerprint density at radius 3 is 2.31 bits per heavy atom. The smallest absolute Gasteiger partial charge is 0.325 e. The molecule has 0 bridgehead atoms. The van der Waals surface area contributed by atoms with Gasteiger partial charge in [0.15, 0.2) is 6.17 Å². The van der Waals surface area contributed by atoms with Gasteiger partial charge in [0.2, 0.25) is 5.91 Å². The van der Waals surface area contributed by atoms with Crippen LogP contribution in [0.1, 0.15) is 56.9 Å². The minimum atomic E-state index is -1.31. The Morgan fingerprint density at radius 2 is 1.62 bits per heavy atom. The lowest BCUT2D eigenvalue weighted by Crippen LogP contribution is -2.56. The van der Waals surface area contributed by atoms with Crippen LogP contribution in [0.25, 0.3) is 0 Å². The number of esters is 1. The second-order valence-electron chi connectivity index (χ2n) is 8.09. The topological polar surface area (TPSA) is 146 Å². The fourth-order valence-corrected chi connectivity index (χ4v) is 3.46. The molecular weight excluding hydrogens is 412 g/mol. The van der Waals surface area contributed by atoms with E-state index in [1.54, 1.807) is 0 Å². The van der Waals surface area contributed by atoms with Crippen LogP contribution < -0.4 is 22.1 Å². The largest absolute Gasteiger partial charge is 0.461 e. The minimum absolute atomic E-state index is 0.102. The van der Waals surface area contributed by atoms with E-state index < -0.39 is 30.0 Å². The summed E-state index contributed by atoms with van der Waals surface area (Å²) < 4.78 is 11.0. The van der Waals surface area contributed by atoms with E-state index in [9.17, 15) is 14.4 Å². The lowest BCUT2D eigenvalue weighted by molar-refractivity contribution is -0.150. The molecule has 1 aliphatic rings. The van der Waals surface area contributed by atoms with Gasteiger partial charge in [-0.3, -0.25) is 14.4 Å². The lowest BCUT2D eigenvalue weighted by atomic mass is 9.99. The Kier molecular flexibility index (Phi) is 11.7. The molecular formula is C23H36N4O5. The van der Waals surface area contributed by atoms with Crippen molar-refractivity contribution in [3.8, 4) is 0 Å². The van der Waals surface area contributed by atoms with Gasteiger partial charge in [0.25, 0.3) is 5.91 Å². The summed E-state index contributed by atoms with van der Waals surface area (Å²) in [5, 5.41) is 4.75. The van der Waals surface area contributed by atoms with Gasteiger partial charge in [-0.15, -0.1) is 0 Å². The lowest BCUT2D eigenvalue weighted by Gasteiger charge is -2.21. The Hall–Kier alpha value is -2.49. The van der Waals surface area contributed by atoms with Crippen molar-refractivity contribution in [2.45, 2.75) is 76.3 Å². The molecule has 0 unspecified atom stereocenters. The number of carbonyl (C=O) groups is 3. The van der Waals surface area contributed by atoms with Gasteiger partial charge >= 0.3 is 5.97 Å². The summed E-state index contributed by atoms with van der Waals surface area (Å²) in [6.45, 7) is 0.421. The highest BCUT2D eigenvalue weighted by Crippen LogP contribution is 2.19. The van der Waals surface area contributed by atoms with E-state index in [-0.39, 0.29) is 25.7 Å². The molecule has 2 rings (SSSR count). The molecule has 9 heteroatoms. The first-order valence-electron chi connectivity index (χ1n) is 11.4. The predicted octanol–water partition coefficient (Wildman–Crippen LogP) is 1.09. The number of ether oxygens (including phenoxy) is 2. The summed E-state index contributed by atoms with van der Waals surface area (Å²) in [6.07, 6.45) is 6.18. The maximum absolute atomic E-state index is 12.1. The molecule has 0 heterocycles. The van der Waals surface area contributed by atoms with Crippen LogP contribution in [0.3, 0.4) is 0 Å². The normalized spacial score (nSPS) is 16.8. The maximum Gasteiger partial charge on any atom is 0.325 e. The number of hydrogen-bond donors (Lipinski definition) is 4. The third kappa shape index (κ3) is 10.2. The number of rotatable bonds is 11. The van der Waals surface area contributed by atoms with Gasteiger partial charge in [-0.2, -0.15) is 0 Å². The third-order valence-electron chi connectivity index (χ3n) is 5.36. The highest BCUT2D eigenvalue weighted by molar-refractivity contribution is 5.90. The van der Waals surface area contributed by atoms with Crippen LogP contribution in [0.2, 0.25) is 0 Å². The zero-order valence-electron chi connectivity index (χ0n) is 18.6. The molecule has 1 aromatic carbocycles. The molecule has 1 aromatic rings. The van der Waals surface area contributed by atoms with E-state index in [0.717, 1.165) is 44.1 Å². The molecule has 2 amide bonds. The van der Waals surface area contributed by atoms with Crippen molar-refractivity contribution in [2.24, 2.45) is 11.5 Å². The number of nitrogens with two attached hydrogens (primary N) is 2. The van der Waals surface area contributed by atoms with E-state index in [4.69, 9.17) is 20.9 Å². The second-order valence-corrected chi connectivity index (χ2v) is 8.09. The van der Waals surface area contributed by atoms with Gasteiger partial charge in [-0.25, -0.2) is 0 Å². The van der Waals surface area contributed by atoms with Gasteiger partial charge < -0.3 is 31.6 Å². The van der Waals surface area contributed by atoms with Crippen molar-refractivity contribution in [1.29, 1.82) is 0 Å². The second kappa shape index (κ2) is 14.5. The summed E-state index contributed by atoms with van der Waals surface area (Å²) in [6, 6.07) is 8.78. The van der Waals surface area contributed by atoms with Crippen LogP contribution >= 0.6 is 0 Å². The Bertz CT molecular complexity index is 708. The van der Waals surface area contributed by atoms with Crippen LogP contribution in [0, 0.1) is 0 Å². The third-order valence-corrected chi connectivity index (χ3v) is 5.36. The highest BCUT2D eigenvalue weighted by Gasteiger charge is 2.22. The fraction of sp³-hybridized carbons (Fsp3) is 0.609. The number of benzene rings is 1. The van der Waals surface area contributed by atoms with Crippen molar-refractivity contribution in [2.75, 3.05) is 13.2 Å². The molecule has 9 nitrogen and oxygen atoms in total. The Balaban J connectivity index is 1.60. The first-order valence-corrected chi connectivity index (χ1v) is 11.4. The Morgan fingerprint density at radius 1 is 0.969 bits per heavy atom. The molecule has 6 N–H and O–H groups in total. The van der Waals surface area contributed by atoms with E-state index in [1.807, 2.05) is 30.3 Å². The summed E-state index contributed by atoms with van der Waals surface area (Å²) in [7, 11) is 0. The van der Waals surface area contributed by atoms with Gasteiger partial charge in [0.1, 0.15) is 12.6 Å². The van der Waals surface area contributed by atoms with E-state index in [0.29, 0.717) is 6.61 Å². The maximum atomic E-state index is 12.1. The summed E-state index contributed by atoms with van der Waals surface area (Å²) in [4.78, 5) is 36.2. The molecule has 2 atom stereocenters. The fourth-order valence-electron chi connectivity index (χ4n) is 3.46. The van der Waals surface area contributed by atoms with Crippen LogP contribution in [0.4, 0.5) is 0 Å². The zero-order valence-corrected chi connectivity index (χ0v) is 18.6. The van der Waals surface area contributed by atoms with Crippen LogP contribution in [0.5, 0.6) is 0 Å². The molecule has 0 aromatic heterocycles. The van der Waals surface area contributed by atoms with Gasteiger partial charge in [-0.1, -0.05) is 49.6 Å². The quantitative estimate of drug-likeness (QED) is 0.225. The molecule has 0 saturated heterocycles. The number of hydrogen-bond acceptors (Lipinski definition) is 7. The van der Waals surface area contributed by atoms with Gasteiger partial charge in [0.05, 0.1) is 12.6 Å². The number of nitrogens with one attached hydrogen (secondary N) is 2. The van der Waals surface area contributed by atoms with E-state index in [1.165, 1.54) is 6.42 Å². The molecule has 1 aliphatic carbocycles. The summed E-state index contributed by atoms with van der Waals surface area (Å²) in [5.74, 6) is -1.75. The molecule has 1 saturated carbocycles. The van der Waals surface area contributed by atoms with Crippen molar-refractivity contribution in [3.63, 3.8) is 0 Å². The molecule has 178 valence electrons. The van der Waals surface area contributed by atoms with Crippen LogP contribution in [-0.2, 0) is 30.5 Å². The molecule has 0 spiro atoms. The van der Waals surface area contributed by atoms with Crippen LogP contribution in [-0.4, -0.2) is 49.2 Å². The Labute approximate surface area is 189 Å². The number of carbonyl (C=O) groups excluding carboxylic acids is 3. The SMILES string of the molecule is N[C@H](CCOCc1ccccc1)C(=O)N[C@H](N)C(=O)NCC(=O)OC1CCCCCCC1. The monoisotopic (exact) mass is 448 g/mol. The van der Waals surface area contributed by atoms with Crippen molar-refractivity contribution in [1.82, 2.24) is 10.6 Å². The average molecular weight is 449 g/mol. The summed E-state index contributed by atoms with van der Waals surface area (Å²) in [5.41, 5.74) is 12.6. The standard InChI is InChI=1S/C23H36N4O5/c24-19(13-14-31-16-17-9-5-4-6-10-17)22(29)27-21(25)23(30)26-15-20(28)32-18-11-7-2-1-3-8-12-18/h4-6,9-10,18-19,21H,1-3,7-8,11-16,24-25H2,(H,26,30)(H,27,29)/t19-,21+/m1/s1. The first-order chi connectivity index (χ1) is 15.5. The average Bonchev–Trinajstić information content (AvgIpc) is 2.77. The molecule has 0 radical (unpaired) electrons. The minimum Gasteiger partial charge on any atom is -0.461 e. The van der Waals surface area contributed by atoms with Crippen LogP contribution in [0.15, 0.2) is 30.3 Å². The number of amides is 2. The van der Waals surface area contributed by atoms with Gasteiger partial charge in [0, 0.05) is 6.61 Å². The predicted molar refractivity (Wildman–Crippen MR) is 120 cm³/mol. The van der Waals surface area contributed by atoms with Gasteiger partial charge in [-0.05, 0) is 37.7 Å². The zero-order chi connectivity index (χ0) is 23.2. The summed E-state index contributed by atoms with van der Waals surface area (Å²) >= 11 is 0. The first kappa shape index (κ1) is 25.8. The van der Waals surface area contributed by atoms with Crippen molar-refractivity contribution < 1.29 is 23.9 Å². The molecule has 1 fully saturated rings.